The van der Waals surface area contributed by atoms with E-state index in [1.54, 1.807) is 24.3 Å². The van der Waals surface area contributed by atoms with Gasteiger partial charge in [0.2, 0.25) is 0 Å². The third kappa shape index (κ3) is 2.27. The first-order chi connectivity index (χ1) is 10.1. The number of nitrogens with zero attached hydrogens (tertiary/aromatic N) is 1. The van der Waals surface area contributed by atoms with Crippen LogP contribution >= 0.6 is 0 Å². The lowest BCUT2D eigenvalue weighted by atomic mass is 9.85. The third-order valence-electron chi connectivity index (χ3n) is 3.79. The molecule has 5 nitrogen and oxygen atoms in total. The maximum Gasteiger partial charge on any atom is 0.339 e. The molecule has 0 amide bonds. The quantitative estimate of drug-likeness (QED) is 0.479. The zero-order valence-corrected chi connectivity index (χ0v) is 11.4. The van der Waals surface area contributed by atoms with Crippen LogP contribution in [-0.4, -0.2) is 10.9 Å². The van der Waals surface area contributed by atoms with Crippen molar-refractivity contribution in [3.8, 4) is 0 Å². The Hall–Kier alpha value is -2.69. The average molecular weight is 283 g/mol. The molecule has 106 valence electrons. The van der Waals surface area contributed by atoms with Gasteiger partial charge in [-0.05, 0) is 29.3 Å². The van der Waals surface area contributed by atoms with Gasteiger partial charge in [-0.25, -0.2) is 4.79 Å². The first-order valence-corrected chi connectivity index (χ1v) is 6.62. The molecular weight excluding hydrogens is 270 g/mol. The number of rotatable bonds is 2. The van der Waals surface area contributed by atoms with Crippen LogP contribution in [0.4, 0.5) is 5.69 Å². The number of ether oxygens (including phenoxy) is 1. The topological polar surface area (TPSA) is 69.4 Å². The molecule has 3 rings (SSSR count). The molecule has 2 aromatic rings. The van der Waals surface area contributed by atoms with Crippen molar-refractivity contribution in [2.24, 2.45) is 0 Å². The summed E-state index contributed by atoms with van der Waals surface area (Å²) in [6, 6.07) is 13.5. The minimum absolute atomic E-state index is 0.000330. The molecule has 21 heavy (non-hydrogen) atoms. The van der Waals surface area contributed by atoms with Crippen molar-refractivity contribution < 1.29 is 14.5 Å². The Morgan fingerprint density at radius 2 is 1.76 bits per heavy atom. The Labute approximate surface area is 121 Å². The Bertz CT molecular complexity index is 708. The van der Waals surface area contributed by atoms with Gasteiger partial charge in [0.25, 0.3) is 5.69 Å². The van der Waals surface area contributed by atoms with E-state index in [1.165, 1.54) is 12.1 Å². The lowest BCUT2D eigenvalue weighted by molar-refractivity contribution is -0.384. The second-order valence-electron chi connectivity index (χ2n) is 5.05. The summed E-state index contributed by atoms with van der Waals surface area (Å²) < 4.78 is 5.50. The summed E-state index contributed by atoms with van der Waals surface area (Å²) in [6.45, 7) is 1.98. The molecule has 0 bridgehead atoms. The average Bonchev–Trinajstić information content (AvgIpc) is 2.51. The summed E-state index contributed by atoms with van der Waals surface area (Å²) in [5.74, 6) is -0.354. The normalized spacial score (nSPS) is 20.5. The van der Waals surface area contributed by atoms with Crippen LogP contribution in [0.3, 0.4) is 0 Å². The van der Waals surface area contributed by atoms with E-state index in [9.17, 15) is 14.9 Å². The fourth-order valence-corrected chi connectivity index (χ4v) is 2.67. The summed E-state index contributed by atoms with van der Waals surface area (Å²) in [4.78, 5) is 22.3. The maximum absolute atomic E-state index is 12.1. The van der Waals surface area contributed by atoms with Crippen molar-refractivity contribution in [1.82, 2.24) is 0 Å². The van der Waals surface area contributed by atoms with E-state index in [1.807, 2.05) is 19.1 Å². The van der Waals surface area contributed by atoms with E-state index >= 15 is 0 Å². The zero-order chi connectivity index (χ0) is 15.0. The minimum atomic E-state index is -0.449. The number of benzene rings is 2. The van der Waals surface area contributed by atoms with Crippen molar-refractivity contribution in [2.75, 3.05) is 0 Å². The van der Waals surface area contributed by atoms with Gasteiger partial charge in [0.05, 0.1) is 10.5 Å². The second-order valence-corrected chi connectivity index (χ2v) is 5.05. The van der Waals surface area contributed by atoms with E-state index in [-0.39, 0.29) is 17.6 Å². The third-order valence-corrected chi connectivity index (χ3v) is 3.79. The van der Waals surface area contributed by atoms with Crippen molar-refractivity contribution >= 4 is 11.7 Å². The van der Waals surface area contributed by atoms with Gasteiger partial charge in [0.1, 0.15) is 6.10 Å². The lowest BCUT2D eigenvalue weighted by Crippen LogP contribution is -2.24. The first-order valence-electron chi connectivity index (χ1n) is 6.62. The van der Waals surface area contributed by atoms with Crippen LogP contribution in [0.1, 0.15) is 40.4 Å². The highest BCUT2D eigenvalue weighted by molar-refractivity contribution is 5.92. The van der Waals surface area contributed by atoms with Gasteiger partial charge in [0.15, 0.2) is 0 Å². The van der Waals surface area contributed by atoms with Crippen LogP contribution in [0.2, 0.25) is 0 Å². The number of nitro groups is 1. The molecule has 1 aliphatic heterocycles. The van der Waals surface area contributed by atoms with Crippen molar-refractivity contribution in [3.63, 3.8) is 0 Å². The van der Waals surface area contributed by atoms with Gasteiger partial charge in [-0.3, -0.25) is 10.1 Å². The molecule has 0 unspecified atom stereocenters. The second kappa shape index (κ2) is 5.01. The minimum Gasteiger partial charge on any atom is -0.453 e. The molecule has 5 heteroatoms. The molecular formula is C16H13NO4. The van der Waals surface area contributed by atoms with Gasteiger partial charge in [-0.1, -0.05) is 25.1 Å². The Morgan fingerprint density at radius 3 is 2.43 bits per heavy atom. The summed E-state index contributed by atoms with van der Waals surface area (Å²) in [5.41, 5.74) is 2.31. The first kappa shape index (κ1) is 13.3. The monoisotopic (exact) mass is 283 g/mol. The molecule has 0 saturated heterocycles. The number of hydrogen-bond donors (Lipinski definition) is 0. The molecule has 1 heterocycles. The van der Waals surface area contributed by atoms with Crippen LogP contribution in [0.25, 0.3) is 0 Å². The summed E-state index contributed by atoms with van der Waals surface area (Å²) in [5, 5.41) is 10.7. The van der Waals surface area contributed by atoms with Crippen molar-refractivity contribution in [2.45, 2.75) is 18.9 Å². The number of carbonyl (C=O) groups is 1. The van der Waals surface area contributed by atoms with E-state index in [2.05, 4.69) is 0 Å². The molecule has 1 aliphatic rings. The van der Waals surface area contributed by atoms with Crippen molar-refractivity contribution in [1.29, 1.82) is 0 Å². The Kier molecular flexibility index (Phi) is 3.17. The smallest absolute Gasteiger partial charge is 0.339 e. The van der Waals surface area contributed by atoms with E-state index in [0.29, 0.717) is 5.56 Å². The molecule has 2 aromatic carbocycles. The van der Waals surface area contributed by atoms with E-state index < -0.39 is 11.0 Å². The fraction of sp³-hybridized carbons (Fsp3) is 0.188. The largest absolute Gasteiger partial charge is 0.453 e. The number of hydrogen-bond acceptors (Lipinski definition) is 4. The number of non-ortho nitro benzene ring substituents is 1. The Balaban J connectivity index is 1.97. The molecule has 0 radical (unpaired) electrons. The van der Waals surface area contributed by atoms with Gasteiger partial charge in [-0.15, -0.1) is 0 Å². The summed E-state index contributed by atoms with van der Waals surface area (Å²) >= 11 is 0. The molecule has 0 saturated carbocycles. The number of cyclic esters (lactones) is 1. The summed E-state index contributed by atoms with van der Waals surface area (Å²) in [6.07, 6.45) is -0.423. The molecule has 2 atom stereocenters. The highest BCUT2D eigenvalue weighted by Crippen LogP contribution is 2.40. The molecule has 0 aliphatic carbocycles. The Morgan fingerprint density at radius 1 is 1.10 bits per heavy atom. The molecule has 0 N–H and O–H groups in total. The number of carbonyl (C=O) groups excluding carboxylic acids is 1. The van der Waals surface area contributed by atoms with E-state index in [0.717, 1.165) is 11.1 Å². The van der Waals surface area contributed by atoms with Crippen LogP contribution in [0.15, 0.2) is 48.5 Å². The predicted molar refractivity (Wildman–Crippen MR) is 76.1 cm³/mol. The highest BCUT2D eigenvalue weighted by Gasteiger charge is 2.33. The highest BCUT2D eigenvalue weighted by atomic mass is 16.6. The van der Waals surface area contributed by atoms with E-state index in [4.69, 9.17) is 4.74 Å². The van der Waals surface area contributed by atoms with Crippen LogP contribution in [0, 0.1) is 10.1 Å². The van der Waals surface area contributed by atoms with Crippen LogP contribution < -0.4 is 0 Å². The van der Waals surface area contributed by atoms with Gasteiger partial charge in [0, 0.05) is 18.1 Å². The predicted octanol–water partition coefficient (Wildman–Crippen LogP) is 3.61. The van der Waals surface area contributed by atoms with Gasteiger partial charge < -0.3 is 4.74 Å². The maximum atomic E-state index is 12.1. The van der Waals surface area contributed by atoms with Crippen LogP contribution in [0.5, 0.6) is 0 Å². The molecule has 0 aromatic heterocycles. The summed E-state index contributed by atoms with van der Waals surface area (Å²) in [7, 11) is 0. The lowest BCUT2D eigenvalue weighted by Gasteiger charge is -2.30. The zero-order valence-electron chi connectivity index (χ0n) is 11.4. The van der Waals surface area contributed by atoms with Crippen LogP contribution in [-0.2, 0) is 4.74 Å². The number of nitro benzene ring substituents is 1. The number of esters is 1. The molecule has 0 fully saturated rings. The van der Waals surface area contributed by atoms with Gasteiger partial charge >= 0.3 is 5.97 Å². The standard InChI is InChI=1S/C16H13NO4/c1-10-13-4-2-3-5-14(13)16(18)21-15(10)11-6-8-12(9-7-11)17(19)20/h2-10,15H,1H3/t10-,15-/m1/s1. The SMILES string of the molecule is C[C@@H]1c2ccccc2C(=O)O[C@H]1c1ccc([N+](=O)[O-])cc1. The number of fused-ring (bicyclic) bond motifs is 1. The molecule has 0 spiro atoms. The van der Waals surface area contributed by atoms with Gasteiger partial charge in [-0.2, -0.15) is 0 Å². The fourth-order valence-electron chi connectivity index (χ4n) is 2.67. The van der Waals surface area contributed by atoms with Crippen molar-refractivity contribution in [3.05, 3.63) is 75.3 Å².